The van der Waals surface area contributed by atoms with E-state index in [9.17, 15) is 13.2 Å². The Morgan fingerprint density at radius 3 is 2.57 bits per heavy atom. The van der Waals surface area contributed by atoms with E-state index in [0.717, 1.165) is 23.8 Å². The normalized spacial score (nSPS) is 11.5. The number of hydrogen-bond acceptors (Lipinski definition) is 3. The highest BCUT2D eigenvalue weighted by molar-refractivity contribution is 5.47. The third kappa shape index (κ3) is 3.48. The summed E-state index contributed by atoms with van der Waals surface area (Å²) in [5.74, 6) is 0.788. The van der Waals surface area contributed by atoms with E-state index < -0.39 is 11.7 Å². The Morgan fingerprint density at radius 2 is 2.00 bits per heavy atom. The summed E-state index contributed by atoms with van der Waals surface area (Å²) in [4.78, 5) is 6.12. The van der Waals surface area contributed by atoms with Crippen LogP contribution in [-0.2, 0) is 19.8 Å². The second-order valence-electron chi connectivity index (χ2n) is 4.94. The highest BCUT2D eigenvalue weighted by atomic mass is 19.4. The smallest absolute Gasteiger partial charge is 0.379 e. The summed E-state index contributed by atoms with van der Waals surface area (Å²) in [6.45, 7) is 0.401. The van der Waals surface area contributed by atoms with E-state index in [0.29, 0.717) is 12.2 Å². The molecule has 1 aromatic carbocycles. The fourth-order valence-electron chi connectivity index (χ4n) is 2.01. The Kier molecular flexibility index (Phi) is 4.11. The van der Waals surface area contributed by atoms with Gasteiger partial charge in [0.25, 0.3) is 0 Å². The van der Waals surface area contributed by atoms with Crippen molar-refractivity contribution in [2.24, 2.45) is 7.05 Å². The number of rotatable bonds is 4. The van der Waals surface area contributed by atoms with Crippen molar-refractivity contribution in [2.75, 3.05) is 24.3 Å². The molecule has 0 bridgehead atoms. The molecule has 4 nitrogen and oxygen atoms in total. The lowest BCUT2D eigenvalue weighted by molar-refractivity contribution is -0.137. The molecule has 0 atom stereocenters. The first kappa shape index (κ1) is 15.2. The number of nitrogens with one attached hydrogen (secondary N) is 1. The van der Waals surface area contributed by atoms with E-state index in [2.05, 4.69) is 10.3 Å². The molecule has 1 N–H and O–H groups in total. The summed E-state index contributed by atoms with van der Waals surface area (Å²) in [6, 6.07) is 5.15. The molecular formula is C14H17F3N4. The molecule has 0 radical (unpaired) electrons. The Hall–Kier alpha value is -2.18. The third-order valence-corrected chi connectivity index (χ3v) is 3.12. The topological polar surface area (TPSA) is 33.1 Å². The highest BCUT2D eigenvalue weighted by Gasteiger charge is 2.30. The molecule has 0 spiro atoms. The van der Waals surface area contributed by atoms with Gasteiger partial charge < -0.3 is 14.8 Å². The minimum absolute atomic E-state index is 0.401. The zero-order valence-corrected chi connectivity index (χ0v) is 12.1. The summed E-state index contributed by atoms with van der Waals surface area (Å²) < 4.78 is 39.8. The van der Waals surface area contributed by atoms with Gasteiger partial charge in [0.1, 0.15) is 0 Å². The first-order chi connectivity index (χ1) is 9.79. The van der Waals surface area contributed by atoms with Gasteiger partial charge in [0.2, 0.25) is 5.95 Å². The second kappa shape index (κ2) is 5.67. The van der Waals surface area contributed by atoms with Crippen LogP contribution in [0, 0.1) is 0 Å². The van der Waals surface area contributed by atoms with Crippen LogP contribution in [0.5, 0.6) is 0 Å². The van der Waals surface area contributed by atoms with Crippen molar-refractivity contribution >= 4 is 11.6 Å². The van der Waals surface area contributed by atoms with E-state index in [4.69, 9.17) is 0 Å². The van der Waals surface area contributed by atoms with Crippen LogP contribution in [0.3, 0.4) is 0 Å². The molecular weight excluding hydrogens is 281 g/mol. The number of anilines is 2. The Morgan fingerprint density at radius 1 is 1.29 bits per heavy atom. The lowest BCUT2D eigenvalue weighted by Crippen LogP contribution is -2.15. The maximum absolute atomic E-state index is 12.6. The molecule has 1 heterocycles. The third-order valence-electron chi connectivity index (χ3n) is 3.12. The molecule has 2 aromatic rings. The summed E-state index contributed by atoms with van der Waals surface area (Å²) in [6.07, 6.45) is -2.63. The van der Waals surface area contributed by atoms with Crippen molar-refractivity contribution in [3.05, 3.63) is 41.7 Å². The average molecular weight is 298 g/mol. The number of halogens is 3. The summed E-state index contributed by atoms with van der Waals surface area (Å²) in [5, 5.41) is 2.99. The fraction of sp³-hybridized carbons (Fsp3) is 0.357. The highest BCUT2D eigenvalue weighted by Crippen LogP contribution is 2.30. The van der Waals surface area contributed by atoms with Gasteiger partial charge >= 0.3 is 6.18 Å². The predicted molar refractivity (Wildman–Crippen MR) is 76.3 cm³/mol. The molecule has 0 saturated heterocycles. The standard InChI is InChI=1S/C14H17F3N4/c1-20(2)13-19-9-12(21(13)3)8-18-11-6-4-5-10(7-11)14(15,16)17/h4-7,9,18H,8H2,1-3H3. The Bertz CT molecular complexity index is 617. The molecule has 0 amide bonds. The van der Waals surface area contributed by atoms with Crippen molar-refractivity contribution in [2.45, 2.75) is 12.7 Å². The maximum atomic E-state index is 12.6. The monoisotopic (exact) mass is 298 g/mol. The van der Waals surface area contributed by atoms with Gasteiger partial charge in [-0.1, -0.05) is 6.07 Å². The van der Waals surface area contributed by atoms with E-state index >= 15 is 0 Å². The summed E-state index contributed by atoms with van der Waals surface area (Å²) in [5.41, 5.74) is 0.653. The van der Waals surface area contributed by atoms with Crippen molar-refractivity contribution < 1.29 is 13.2 Å². The number of alkyl halides is 3. The molecule has 21 heavy (non-hydrogen) atoms. The van der Waals surface area contributed by atoms with E-state index in [1.54, 1.807) is 12.3 Å². The first-order valence-electron chi connectivity index (χ1n) is 6.38. The van der Waals surface area contributed by atoms with Gasteiger partial charge in [-0.05, 0) is 18.2 Å². The molecule has 1 aromatic heterocycles. The lowest BCUT2D eigenvalue weighted by atomic mass is 10.2. The quantitative estimate of drug-likeness (QED) is 0.941. The van der Waals surface area contributed by atoms with Crippen molar-refractivity contribution in [1.29, 1.82) is 0 Å². The minimum Gasteiger partial charge on any atom is -0.379 e. The molecule has 0 aliphatic heterocycles. The molecule has 0 aliphatic carbocycles. The molecule has 0 fully saturated rings. The Balaban J connectivity index is 2.10. The predicted octanol–water partition coefficient (Wildman–Crippen LogP) is 3.12. The lowest BCUT2D eigenvalue weighted by Gasteiger charge is -2.14. The summed E-state index contributed by atoms with van der Waals surface area (Å²) >= 11 is 0. The summed E-state index contributed by atoms with van der Waals surface area (Å²) in [7, 11) is 5.63. The minimum atomic E-state index is -4.33. The van der Waals surface area contributed by atoms with E-state index in [1.165, 1.54) is 6.07 Å². The van der Waals surface area contributed by atoms with Crippen LogP contribution in [-0.4, -0.2) is 23.6 Å². The van der Waals surface area contributed by atoms with E-state index in [1.807, 2.05) is 30.6 Å². The number of benzene rings is 1. The van der Waals surface area contributed by atoms with Crippen LogP contribution in [0.15, 0.2) is 30.5 Å². The molecule has 2 rings (SSSR count). The molecule has 7 heteroatoms. The first-order valence-corrected chi connectivity index (χ1v) is 6.38. The molecule has 0 saturated carbocycles. The molecule has 0 unspecified atom stereocenters. The van der Waals surface area contributed by atoms with Gasteiger partial charge in [-0.3, -0.25) is 0 Å². The van der Waals surface area contributed by atoms with Crippen LogP contribution in [0.2, 0.25) is 0 Å². The van der Waals surface area contributed by atoms with Gasteiger partial charge in [0.15, 0.2) is 0 Å². The zero-order chi connectivity index (χ0) is 15.6. The SMILES string of the molecule is CN(C)c1ncc(CNc2cccc(C(F)(F)F)c2)n1C. The van der Waals surface area contributed by atoms with Crippen LogP contribution in [0.25, 0.3) is 0 Å². The van der Waals surface area contributed by atoms with Crippen molar-refractivity contribution in [1.82, 2.24) is 9.55 Å². The van der Waals surface area contributed by atoms with Crippen molar-refractivity contribution in [3.8, 4) is 0 Å². The van der Waals surface area contributed by atoms with Crippen LogP contribution >= 0.6 is 0 Å². The maximum Gasteiger partial charge on any atom is 0.416 e. The average Bonchev–Trinajstić information content (AvgIpc) is 2.77. The molecule has 0 aliphatic rings. The number of imidazole rings is 1. The van der Waals surface area contributed by atoms with E-state index in [-0.39, 0.29) is 0 Å². The van der Waals surface area contributed by atoms with Crippen molar-refractivity contribution in [3.63, 3.8) is 0 Å². The Labute approximate surface area is 121 Å². The van der Waals surface area contributed by atoms with Crippen LogP contribution < -0.4 is 10.2 Å². The van der Waals surface area contributed by atoms with Crippen LogP contribution in [0.1, 0.15) is 11.3 Å². The van der Waals surface area contributed by atoms with Gasteiger partial charge in [-0.15, -0.1) is 0 Å². The second-order valence-corrected chi connectivity index (χ2v) is 4.94. The number of aromatic nitrogens is 2. The van der Waals surface area contributed by atoms with Gasteiger partial charge in [-0.25, -0.2) is 4.98 Å². The number of nitrogens with zero attached hydrogens (tertiary/aromatic N) is 3. The van der Waals surface area contributed by atoms with Crippen LogP contribution in [0.4, 0.5) is 24.8 Å². The largest absolute Gasteiger partial charge is 0.416 e. The van der Waals surface area contributed by atoms with Gasteiger partial charge in [0.05, 0.1) is 24.0 Å². The van der Waals surface area contributed by atoms with Gasteiger partial charge in [-0.2, -0.15) is 13.2 Å². The molecule has 114 valence electrons. The van der Waals surface area contributed by atoms with Gasteiger partial charge in [0, 0.05) is 26.8 Å². The fourth-order valence-corrected chi connectivity index (χ4v) is 2.01. The number of hydrogen-bond donors (Lipinski definition) is 1. The zero-order valence-electron chi connectivity index (χ0n) is 12.1.